The molecule has 0 radical (unpaired) electrons. The molecular weight excluding hydrogens is 474 g/mol. The largest absolute Gasteiger partial charge is 0.489 e. The molecule has 2 aromatic rings. The maximum Gasteiger partial charge on any atom is 0.409 e. The van der Waals surface area contributed by atoms with Crippen molar-refractivity contribution >= 4 is 18.0 Å². The zero-order valence-corrected chi connectivity index (χ0v) is 22.5. The molecule has 0 aliphatic rings. The van der Waals surface area contributed by atoms with Crippen LogP contribution in [0.5, 0.6) is 5.75 Å². The summed E-state index contributed by atoms with van der Waals surface area (Å²) in [6.07, 6.45) is 0.812. The molecule has 0 unspecified atom stereocenters. The second kappa shape index (κ2) is 14.3. The van der Waals surface area contributed by atoms with Crippen molar-refractivity contribution in [2.45, 2.75) is 78.0 Å². The average Bonchev–Trinajstić information content (AvgIpc) is 2.85. The van der Waals surface area contributed by atoms with E-state index in [4.69, 9.17) is 18.9 Å². The molecule has 0 aliphatic heterocycles. The van der Waals surface area contributed by atoms with E-state index in [1.54, 1.807) is 34.6 Å². The van der Waals surface area contributed by atoms with Gasteiger partial charge >= 0.3 is 18.0 Å². The second-order valence-electron chi connectivity index (χ2n) is 9.56. The highest BCUT2D eigenvalue weighted by Gasteiger charge is 2.50. The third-order valence-corrected chi connectivity index (χ3v) is 5.42. The summed E-state index contributed by atoms with van der Waals surface area (Å²) in [5, 5.41) is 2.47. The first-order chi connectivity index (χ1) is 17.6. The number of benzene rings is 2. The Balaban J connectivity index is 2.13. The molecule has 0 bridgehead atoms. The van der Waals surface area contributed by atoms with Gasteiger partial charge in [-0.3, -0.25) is 5.32 Å². The van der Waals surface area contributed by atoms with Crippen molar-refractivity contribution in [1.29, 1.82) is 0 Å². The average molecular weight is 514 g/mol. The van der Waals surface area contributed by atoms with Gasteiger partial charge in [0.1, 0.15) is 18.0 Å². The van der Waals surface area contributed by atoms with Gasteiger partial charge in [-0.1, -0.05) is 48.5 Å². The van der Waals surface area contributed by atoms with Crippen molar-refractivity contribution in [3.63, 3.8) is 0 Å². The number of alkyl carbamates (subject to hydrolysis) is 1. The first kappa shape index (κ1) is 29.7. The molecule has 2 aromatic carbocycles. The van der Waals surface area contributed by atoms with Crippen LogP contribution in [-0.4, -0.2) is 42.4 Å². The summed E-state index contributed by atoms with van der Waals surface area (Å²) in [6, 6.07) is 17.7. The number of carbonyl (C=O) groups is 3. The minimum atomic E-state index is -2.00. The van der Waals surface area contributed by atoms with Crippen LogP contribution >= 0.6 is 0 Å². The summed E-state index contributed by atoms with van der Waals surface area (Å²) < 4.78 is 21.7. The van der Waals surface area contributed by atoms with Gasteiger partial charge in [-0.15, -0.1) is 0 Å². The first-order valence-electron chi connectivity index (χ1n) is 12.7. The molecule has 8 heteroatoms. The van der Waals surface area contributed by atoms with Crippen LogP contribution in [0.3, 0.4) is 0 Å². The molecule has 202 valence electrons. The van der Waals surface area contributed by atoms with Crippen molar-refractivity contribution < 1.29 is 33.3 Å². The summed E-state index contributed by atoms with van der Waals surface area (Å²) in [6.45, 7) is 8.89. The molecule has 0 heterocycles. The van der Waals surface area contributed by atoms with Crippen LogP contribution < -0.4 is 10.1 Å². The third-order valence-electron chi connectivity index (χ3n) is 5.42. The minimum Gasteiger partial charge on any atom is -0.489 e. The van der Waals surface area contributed by atoms with E-state index >= 15 is 0 Å². The second-order valence-corrected chi connectivity index (χ2v) is 9.56. The summed E-state index contributed by atoms with van der Waals surface area (Å²) in [7, 11) is 0. The topological polar surface area (TPSA) is 100 Å². The van der Waals surface area contributed by atoms with E-state index in [0.717, 1.165) is 16.9 Å². The van der Waals surface area contributed by atoms with Crippen molar-refractivity contribution in [2.24, 2.45) is 0 Å². The zero-order valence-electron chi connectivity index (χ0n) is 22.5. The normalized spacial score (nSPS) is 11.4. The van der Waals surface area contributed by atoms with E-state index in [2.05, 4.69) is 5.32 Å². The van der Waals surface area contributed by atoms with Gasteiger partial charge in [0.05, 0.1) is 13.2 Å². The van der Waals surface area contributed by atoms with E-state index in [0.29, 0.717) is 25.9 Å². The highest BCUT2D eigenvalue weighted by Crippen LogP contribution is 2.25. The molecule has 1 N–H and O–H groups in total. The number of esters is 2. The number of rotatable bonds is 13. The number of nitrogens with one attached hydrogen (secondary N) is 1. The molecule has 37 heavy (non-hydrogen) atoms. The van der Waals surface area contributed by atoms with E-state index in [-0.39, 0.29) is 19.6 Å². The third kappa shape index (κ3) is 9.44. The van der Waals surface area contributed by atoms with Crippen LogP contribution in [0, 0.1) is 0 Å². The highest BCUT2D eigenvalue weighted by molar-refractivity contribution is 6.07. The number of hydrogen-bond acceptors (Lipinski definition) is 7. The van der Waals surface area contributed by atoms with Gasteiger partial charge in [0, 0.05) is 0 Å². The number of carbonyl (C=O) groups excluding carboxylic acids is 3. The van der Waals surface area contributed by atoms with E-state index in [1.165, 1.54) is 0 Å². The van der Waals surface area contributed by atoms with Gasteiger partial charge < -0.3 is 18.9 Å². The first-order valence-corrected chi connectivity index (χ1v) is 12.7. The number of hydrogen-bond donors (Lipinski definition) is 1. The predicted molar refractivity (Wildman–Crippen MR) is 140 cm³/mol. The fourth-order valence-corrected chi connectivity index (χ4v) is 3.73. The molecule has 0 aromatic heterocycles. The van der Waals surface area contributed by atoms with Gasteiger partial charge in [0.2, 0.25) is 5.54 Å². The molecule has 0 saturated heterocycles. The van der Waals surface area contributed by atoms with Gasteiger partial charge in [0.25, 0.3) is 0 Å². The molecule has 8 nitrogen and oxygen atoms in total. The quantitative estimate of drug-likeness (QED) is 0.166. The molecule has 0 spiro atoms. The zero-order chi connectivity index (χ0) is 27.3. The van der Waals surface area contributed by atoms with Crippen LogP contribution in [0.1, 0.15) is 65.0 Å². The predicted octanol–water partition coefficient (Wildman–Crippen LogP) is 5.37. The minimum absolute atomic E-state index is 0.00303. The van der Waals surface area contributed by atoms with E-state index in [9.17, 15) is 14.4 Å². The lowest BCUT2D eigenvalue weighted by Gasteiger charge is -2.31. The Kier molecular flexibility index (Phi) is 11.4. The maximum atomic E-state index is 13.0. The van der Waals surface area contributed by atoms with E-state index in [1.807, 2.05) is 54.6 Å². The molecule has 2 rings (SSSR count). The molecule has 0 atom stereocenters. The number of ether oxygens (including phenoxy) is 4. The standard InChI is InChI=1S/C29H39NO7/c1-6-34-25(31)29(26(32)35-7-2,30-27(33)37-28(3,4)5)20-14-13-18-23-17-11-12-19-24(23)36-21-22-15-9-8-10-16-22/h8-12,15-17,19H,6-7,13-14,18,20-21H2,1-5H3,(H,30,33). The number of para-hydroxylation sites is 1. The number of amides is 1. The van der Waals surface area contributed by atoms with Gasteiger partial charge in [-0.25, -0.2) is 14.4 Å². The van der Waals surface area contributed by atoms with Gasteiger partial charge in [0.15, 0.2) is 0 Å². The monoisotopic (exact) mass is 513 g/mol. The highest BCUT2D eigenvalue weighted by atomic mass is 16.6. The molecule has 0 aliphatic carbocycles. The van der Waals surface area contributed by atoms with Crippen molar-refractivity contribution in [1.82, 2.24) is 5.32 Å². The Morgan fingerprint density at radius 1 is 0.811 bits per heavy atom. The smallest absolute Gasteiger partial charge is 0.409 e. The van der Waals surface area contributed by atoms with Crippen LogP contribution in [-0.2, 0) is 36.8 Å². The SMILES string of the molecule is CCOC(=O)C(CCCCc1ccccc1OCc1ccccc1)(NC(=O)OC(C)(C)C)C(=O)OCC. The Bertz CT molecular complexity index is 996. The van der Waals surface area contributed by atoms with Crippen molar-refractivity contribution in [2.75, 3.05) is 13.2 Å². The van der Waals surface area contributed by atoms with Crippen LogP contribution in [0.2, 0.25) is 0 Å². The molecule has 0 saturated carbocycles. The lowest BCUT2D eigenvalue weighted by molar-refractivity contribution is -0.166. The molecule has 1 amide bonds. The van der Waals surface area contributed by atoms with Crippen LogP contribution in [0.25, 0.3) is 0 Å². The van der Waals surface area contributed by atoms with Crippen molar-refractivity contribution in [3.8, 4) is 5.75 Å². The van der Waals surface area contributed by atoms with Crippen LogP contribution in [0.4, 0.5) is 4.79 Å². The Labute approximate surface area is 219 Å². The van der Waals surface area contributed by atoms with E-state index < -0.39 is 29.2 Å². The Hall–Kier alpha value is -3.55. The van der Waals surface area contributed by atoms with Gasteiger partial charge in [-0.05, 0) is 77.5 Å². The fraction of sp³-hybridized carbons (Fsp3) is 0.483. The molecular formula is C29H39NO7. The summed E-state index contributed by atoms with van der Waals surface area (Å²) in [4.78, 5) is 38.6. The Morgan fingerprint density at radius 3 is 2.00 bits per heavy atom. The number of aryl methyl sites for hydroxylation is 1. The lowest BCUT2D eigenvalue weighted by atomic mass is 9.91. The van der Waals surface area contributed by atoms with Crippen LogP contribution in [0.15, 0.2) is 54.6 Å². The number of unbranched alkanes of at least 4 members (excludes halogenated alkanes) is 1. The lowest BCUT2D eigenvalue weighted by Crippen LogP contribution is -2.62. The molecule has 0 fully saturated rings. The summed E-state index contributed by atoms with van der Waals surface area (Å²) in [5.41, 5.74) is -0.740. The fourth-order valence-electron chi connectivity index (χ4n) is 3.73. The summed E-state index contributed by atoms with van der Waals surface area (Å²) in [5.74, 6) is -0.961. The van der Waals surface area contributed by atoms with Gasteiger partial charge in [-0.2, -0.15) is 0 Å². The maximum absolute atomic E-state index is 13.0. The Morgan fingerprint density at radius 2 is 1.41 bits per heavy atom. The van der Waals surface area contributed by atoms with Crippen molar-refractivity contribution in [3.05, 3.63) is 65.7 Å². The summed E-state index contributed by atoms with van der Waals surface area (Å²) >= 11 is 0.